The smallest absolute Gasteiger partial charge is 0.257 e. The van der Waals surface area contributed by atoms with Crippen LogP contribution in [0.3, 0.4) is 0 Å². The molecule has 2 heterocycles. The zero-order chi connectivity index (χ0) is 22.8. The zero-order valence-corrected chi connectivity index (χ0v) is 19.1. The highest BCUT2D eigenvalue weighted by Gasteiger charge is 2.26. The molecule has 168 valence electrons. The second kappa shape index (κ2) is 9.28. The Bertz CT molecular complexity index is 1200. The number of anilines is 2. The topological polar surface area (TPSA) is 52.7 Å². The molecule has 0 spiro atoms. The van der Waals surface area contributed by atoms with Crippen molar-refractivity contribution in [1.82, 2.24) is 4.90 Å². The van der Waals surface area contributed by atoms with Crippen LogP contribution in [0.2, 0.25) is 5.02 Å². The minimum absolute atomic E-state index is 0.0233. The van der Waals surface area contributed by atoms with Crippen molar-refractivity contribution < 1.29 is 9.59 Å². The van der Waals surface area contributed by atoms with Gasteiger partial charge in [-0.25, -0.2) is 0 Å². The van der Waals surface area contributed by atoms with Crippen LogP contribution in [-0.4, -0.2) is 36.3 Å². The summed E-state index contributed by atoms with van der Waals surface area (Å²) in [6, 6.07) is 21.1. The van der Waals surface area contributed by atoms with Crippen molar-refractivity contribution in [2.24, 2.45) is 0 Å². The number of rotatable bonds is 4. The quantitative estimate of drug-likeness (QED) is 0.569. The minimum Gasteiger partial charge on any atom is -0.366 e. The van der Waals surface area contributed by atoms with E-state index in [9.17, 15) is 9.59 Å². The van der Waals surface area contributed by atoms with Crippen LogP contribution in [0.5, 0.6) is 0 Å². The van der Waals surface area contributed by atoms with Gasteiger partial charge in [0.2, 0.25) is 0 Å². The van der Waals surface area contributed by atoms with E-state index in [-0.39, 0.29) is 11.8 Å². The van der Waals surface area contributed by atoms with Gasteiger partial charge in [0.25, 0.3) is 11.8 Å². The van der Waals surface area contributed by atoms with E-state index in [1.54, 1.807) is 24.3 Å². The van der Waals surface area contributed by atoms with Gasteiger partial charge in [0.05, 0.1) is 16.1 Å². The number of carbonyl (C=O) groups is 2. The second-order valence-corrected chi connectivity index (χ2v) is 9.01. The van der Waals surface area contributed by atoms with Crippen molar-refractivity contribution in [2.45, 2.75) is 25.8 Å². The molecular weight excluding hydrogens is 434 g/mol. The maximum Gasteiger partial charge on any atom is 0.257 e. The average molecular weight is 460 g/mol. The summed E-state index contributed by atoms with van der Waals surface area (Å²) in [5.41, 5.74) is 5.20. The predicted octanol–water partition coefficient (Wildman–Crippen LogP) is 5.39. The number of nitrogens with one attached hydrogen (secondary N) is 1. The van der Waals surface area contributed by atoms with Gasteiger partial charge in [0.1, 0.15) is 0 Å². The monoisotopic (exact) mass is 459 g/mol. The van der Waals surface area contributed by atoms with Crippen molar-refractivity contribution in [2.75, 3.05) is 29.9 Å². The molecule has 2 aliphatic rings. The Balaban J connectivity index is 1.47. The second-order valence-electron chi connectivity index (χ2n) is 8.61. The highest BCUT2D eigenvalue weighted by Crippen LogP contribution is 2.31. The van der Waals surface area contributed by atoms with Crippen molar-refractivity contribution >= 4 is 34.8 Å². The van der Waals surface area contributed by atoms with E-state index in [4.69, 9.17) is 11.6 Å². The van der Waals surface area contributed by atoms with Crippen LogP contribution in [0.1, 0.15) is 44.7 Å². The van der Waals surface area contributed by atoms with Gasteiger partial charge in [-0.15, -0.1) is 0 Å². The van der Waals surface area contributed by atoms with Gasteiger partial charge >= 0.3 is 0 Å². The molecule has 2 aliphatic heterocycles. The maximum absolute atomic E-state index is 13.5. The van der Waals surface area contributed by atoms with Crippen LogP contribution in [0.25, 0.3) is 0 Å². The van der Waals surface area contributed by atoms with E-state index in [0.29, 0.717) is 21.8 Å². The van der Waals surface area contributed by atoms with Crippen molar-refractivity contribution in [3.05, 3.63) is 94.0 Å². The number of carbonyl (C=O) groups excluding carboxylic acids is 2. The fraction of sp³-hybridized carbons (Fsp3) is 0.259. The first-order chi connectivity index (χ1) is 16.1. The molecule has 6 heteroatoms. The first-order valence-electron chi connectivity index (χ1n) is 11.4. The predicted molar refractivity (Wildman–Crippen MR) is 132 cm³/mol. The minimum atomic E-state index is -0.292. The molecule has 1 saturated heterocycles. The van der Waals surface area contributed by atoms with Crippen LogP contribution < -0.4 is 10.2 Å². The van der Waals surface area contributed by atoms with Crippen LogP contribution in [0.15, 0.2) is 66.7 Å². The molecule has 0 aromatic heterocycles. The van der Waals surface area contributed by atoms with Crippen LogP contribution in [-0.2, 0) is 13.0 Å². The zero-order valence-electron chi connectivity index (χ0n) is 18.4. The van der Waals surface area contributed by atoms with Gasteiger partial charge in [0.15, 0.2) is 0 Å². The standard InChI is InChI=1S/C27H26ClN3O2/c28-24-10-4-3-9-22(24)26(32)29-21-11-12-25(23(17-21)27(33)30-14-5-6-15-30)31-16-13-19-7-1-2-8-20(19)18-31/h1-4,7-12,17H,5-6,13-16,18H2,(H,29,32). The highest BCUT2D eigenvalue weighted by molar-refractivity contribution is 6.34. The van der Waals surface area contributed by atoms with Crippen molar-refractivity contribution in [1.29, 1.82) is 0 Å². The molecule has 3 aromatic carbocycles. The first kappa shape index (κ1) is 21.5. The number of benzene rings is 3. The Morgan fingerprint density at radius 1 is 0.818 bits per heavy atom. The van der Waals surface area contributed by atoms with E-state index in [1.165, 1.54) is 11.1 Å². The van der Waals surface area contributed by atoms with Crippen molar-refractivity contribution in [3.8, 4) is 0 Å². The summed E-state index contributed by atoms with van der Waals surface area (Å²) in [4.78, 5) is 30.5. The number of amides is 2. The summed E-state index contributed by atoms with van der Waals surface area (Å²) in [6.07, 6.45) is 3.00. The molecule has 2 amide bonds. The number of fused-ring (bicyclic) bond motifs is 1. The van der Waals surface area contributed by atoms with Gasteiger partial charge in [-0.05, 0) is 60.7 Å². The molecule has 0 aliphatic carbocycles. The van der Waals surface area contributed by atoms with Crippen LogP contribution in [0, 0.1) is 0 Å². The van der Waals surface area contributed by atoms with Gasteiger partial charge in [0, 0.05) is 37.6 Å². The van der Waals surface area contributed by atoms with Crippen molar-refractivity contribution in [3.63, 3.8) is 0 Å². The van der Waals surface area contributed by atoms with Crippen LogP contribution in [0.4, 0.5) is 11.4 Å². The van der Waals surface area contributed by atoms with E-state index >= 15 is 0 Å². The number of hydrogen-bond donors (Lipinski definition) is 1. The Kier molecular flexibility index (Phi) is 6.05. The molecule has 0 bridgehead atoms. The lowest BCUT2D eigenvalue weighted by Gasteiger charge is -2.33. The lowest BCUT2D eigenvalue weighted by Crippen LogP contribution is -2.34. The Labute approximate surface area is 199 Å². The fourth-order valence-electron chi connectivity index (χ4n) is 4.70. The lowest BCUT2D eigenvalue weighted by atomic mass is 9.98. The normalized spacial score (nSPS) is 15.3. The summed E-state index contributed by atoms with van der Waals surface area (Å²) in [6.45, 7) is 3.17. The van der Waals surface area contributed by atoms with E-state index in [0.717, 1.165) is 51.1 Å². The summed E-state index contributed by atoms with van der Waals surface area (Å²) in [7, 11) is 0. The largest absolute Gasteiger partial charge is 0.366 e. The number of halogens is 1. The highest BCUT2D eigenvalue weighted by atomic mass is 35.5. The Hall–Kier alpha value is -3.31. The number of likely N-dealkylation sites (tertiary alicyclic amines) is 1. The molecule has 0 saturated carbocycles. The molecule has 5 rings (SSSR count). The van der Waals surface area contributed by atoms with Gasteiger partial charge in [-0.2, -0.15) is 0 Å². The van der Waals surface area contributed by atoms with Crippen LogP contribution >= 0.6 is 11.6 Å². The third kappa shape index (κ3) is 4.46. The Morgan fingerprint density at radius 2 is 1.55 bits per heavy atom. The summed E-state index contributed by atoms with van der Waals surface area (Å²) in [5, 5.41) is 3.31. The summed E-state index contributed by atoms with van der Waals surface area (Å²) < 4.78 is 0. The molecular formula is C27H26ClN3O2. The average Bonchev–Trinajstić information content (AvgIpc) is 3.38. The lowest BCUT2D eigenvalue weighted by molar-refractivity contribution is 0.0793. The molecule has 0 unspecified atom stereocenters. The van der Waals surface area contributed by atoms with E-state index in [2.05, 4.69) is 34.5 Å². The molecule has 33 heavy (non-hydrogen) atoms. The van der Waals surface area contributed by atoms with Gasteiger partial charge in [-0.1, -0.05) is 48.0 Å². The third-order valence-electron chi connectivity index (χ3n) is 6.47. The summed E-state index contributed by atoms with van der Waals surface area (Å²) in [5.74, 6) is -0.268. The molecule has 1 fully saturated rings. The Morgan fingerprint density at radius 3 is 2.33 bits per heavy atom. The maximum atomic E-state index is 13.5. The molecule has 5 nitrogen and oxygen atoms in total. The van der Waals surface area contributed by atoms with E-state index < -0.39 is 0 Å². The van der Waals surface area contributed by atoms with Gasteiger partial charge in [-0.3, -0.25) is 9.59 Å². The molecule has 3 aromatic rings. The number of nitrogens with zero attached hydrogens (tertiary/aromatic N) is 2. The molecule has 0 radical (unpaired) electrons. The summed E-state index contributed by atoms with van der Waals surface area (Å²) >= 11 is 6.19. The van der Waals surface area contributed by atoms with E-state index in [1.807, 2.05) is 23.1 Å². The van der Waals surface area contributed by atoms with Gasteiger partial charge < -0.3 is 15.1 Å². The number of hydrogen-bond acceptors (Lipinski definition) is 3. The SMILES string of the molecule is O=C(Nc1ccc(N2CCc3ccccc3C2)c(C(=O)N2CCCC2)c1)c1ccccc1Cl. The third-order valence-corrected chi connectivity index (χ3v) is 6.80. The molecule has 1 N–H and O–H groups in total. The molecule has 0 atom stereocenters. The first-order valence-corrected chi connectivity index (χ1v) is 11.8. The fourth-order valence-corrected chi connectivity index (χ4v) is 4.92.